The van der Waals surface area contributed by atoms with E-state index in [2.05, 4.69) is 5.32 Å². The number of carboxylic acid groups (broad SMARTS) is 1. The van der Waals surface area contributed by atoms with Gasteiger partial charge in [-0.05, 0) is 55.7 Å². The molecule has 0 aliphatic carbocycles. The molecule has 1 atom stereocenters. The lowest BCUT2D eigenvalue weighted by Gasteiger charge is -2.34. The van der Waals surface area contributed by atoms with Crippen LogP contribution in [-0.2, 0) is 21.4 Å². The van der Waals surface area contributed by atoms with E-state index in [1.54, 1.807) is 39.0 Å². The van der Waals surface area contributed by atoms with Crippen molar-refractivity contribution in [3.63, 3.8) is 0 Å². The molecule has 0 unspecified atom stereocenters. The standard InChI is InChI=1S/C25H30F2N2O5/c1-5-33-14-25(3,4)21-19(26)12-16(13-20(21)27)28-23(30)22-18-8-7-17(34-6-2)11-15(18)9-10-29(22)24(31)32/h7-8,11-13,22H,5-6,9-10,14H2,1-4H3,(H,28,30)(H,31,32)/t22-/m0/s1. The average Bonchev–Trinajstić information content (AvgIpc) is 2.76. The Bertz CT molecular complexity index is 1050. The summed E-state index contributed by atoms with van der Waals surface area (Å²) in [5.41, 5.74) is 0.129. The molecule has 9 heteroatoms. The average molecular weight is 477 g/mol. The highest BCUT2D eigenvalue weighted by atomic mass is 19.1. The van der Waals surface area contributed by atoms with Gasteiger partial charge >= 0.3 is 6.09 Å². The molecule has 7 nitrogen and oxygen atoms in total. The highest BCUT2D eigenvalue weighted by molar-refractivity contribution is 5.97. The van der Waals surface area contributed by atoms with Crippen molar-refractivity contribution < 1.29 is 33.0 Å². The molecule has 0 fully saturated rings. The van der Waals surface area contributed by atoms with Crippen molar-refractivity contribution in [2.24, 2.45) is 0 Å². The molecule has 184 valence electrons. The smallest absolute Gasteiger partial charge is 0.408 e. The molecule has 0 saturated heterocycles. The van der Waals surface area contributed by atoms with Crippen LogP contribution in [-0.4, -0.2) is 48.4 Å². The van der Waals surface area contributed by atoms with Gasteiger partial charge in [0, 0.05) is 29.8 Å². The summed E-state index contributed by atoms with van der Waals surface area (Å²) < 4.78 is 40.7. The van der Waals surface area contributed by atoms with Crippen LogP contribution >= 0.6 is 0 Å². The molecule has 2 N–H and O–H groups in total. The van der Waals surface area contributed by atoms with E-state index in [0.29, 0.717) is 30.9 Å². The van der Waals surface area contributed by atoms with Crippen LogP contribution < -0.4 is 10.1 Å². The van der Waals surface area contributed by atoms with E-state index < -0.39 is 35.1 Å². The van der Waals surface area contributed by atoms with Crippen LogP contribution in [0, 0.1) is 11.6 Å². The number of fused-ring (bicyclic) bond motifs is 1. The lowest BCUT2D eigenvalue weighted by Crippen LogP contribution is -2.44. The van der Waals surface area contributed by atoms with Crippen LogP contribution in [0.25, 0.3) is 0 Å². The monoisotopic (exact) mass is 476 g/mol. The molecular weight excluding hydrogens is 446 g/mol. The number of ether oxygens (including phenoxy) is 2. The first-order valence-corrected chi connectivity index (χ1v) is 11.2. The number of anilines is 1. The molecule has 34 heavy (non-hydrogen) atoms. The molecule has 2 aromatic carbocycles. The molecule has 0 bridgehead atoms. The third-order valence-corrected chi connectivity index (χ3v) is 5.80. The molecule has 3 rings (SSSR count). The maximum atomic E-state index is 14.9. The van der Waals surface area contributed by atoms with Crippen molar-refractivity contribution in [1.29, 1.82) is 0 Å². The molecule has 2 amide bonds. The predicted molar refractivity (Wildman–Crippen MR) is 123 cm³/mol. The van der Waals surface area contributed by atoms with Gasteiger partial charge in [-0.25, -0.2) is 13.6 Å². The van der Waals surface area contributed by atoms with Crippen molar-refractivity contribution in [3.05, 3.63) is 58.7 Å². The Morgan fingerprint density at radius 2 is 1.82 bits per heavy atom. The maximum absolute atomic E-state index is 14.9. The van der Waals surface area contributed by atoms with E-state index >= 15 is 0 Å². The molecule has 1 aliphatic rings. The molecule has 0 radical (unpaired) electrons. The first kappa shape index (κ1) is 25.4. The van der Waals surface area contributed by atoms with Gasteiger partial charge in [-0.1, -0.05) is 19.9 Å². The summed E-state index contributed by atoms with van der Waals surface area (Å²) in [5.74, 6) is -1.72. The Balaban J connectivity index is 1.91. The Labute approximate surface area is 197 Å². The molecule has 0 spiro atoms. The van der Waals surface area contributed by atoms with E-state index in [9.17, 15) is 23.5 Å². The zero-order valence-corrected chi connectivity index (χ0v) is 19.8. The van der Waals surface area contributed by atoms with Crippen LogP contribution in [0.1, 0.15) is 50.4 Å². The summed E-state index contributed by atoms with van der Waals surface area (Å²) in [5, 5.41) is 12.2. The second-order valence-corrected chi connectivity index (χ2v) is 8.75. The number of hydrogen-bond acceptors (Lipinski definition) is 4. The highest BCUT2D eigenvalue weighted by Gasteiger charge is 2.37. The van der Waals surface area contributed by atoms with Gasteiger partial charge < -0.3 is 19.9 Å². The summed E-state index contributed by atoms with van der Waals surface area (Å²) in [6.45, 7) is 8.09. The maximum Gasteiger partial charge on any atom is 0.408 e. The first-order chi connectivity index (χ1) is 16.1. The number of nitrogens with zero attached hydrogens (tertiary/aromatic N) is 1. The van der Waals surface area contributed by atoms with Gasteiger partial charge in [0.1, 0.15) is 23.4 Å². The molecule has 1 heterocycles. The van der Waals surface area contributed by atoms with Crippen LogP contribution in [0.15, 0.2) is 30.3 Å². The van der Waals surface area contributed by atoms with Gasteiger partial charge in [0.15, 0.2) is 0 Å². The lowest BCUT2D eigenvalue weighted by atomic mass is 9.84. The number of carbonyl (C=O) groups excluding carboxylic acids is 1. The summed E-state index contributed by atoms with van der Waals surface area (Å²) in [7, 11) is 0. The van der Waals surface area contributed by atoms with Crippen molar-refractivity contribution >= 4 is 17.7 Å². The van der Waals surface area contributed by atoms with Gasteiger partial charge in [-0.3, -0.25) is 9.69 Å². The number of hydrogen-bond donors (Lipinski definition) is 2. The topological polar surface area (TPSA) is 88.1 Å². The second kappa shape index (κ2) is 10.4. The summed E-state index contributed by atoms with van der Waals surface area (Å²) in [4.78, 5) is 26.0. The highest BCUT2D eigenvalue weighted by Crippen LogP contribution is 2.35. The van der Waals surface area contributed by atoms with E-state index in [0.717, 1.165) is 22.6 Å². The zero-order chi connectivity index (χ0) is 25.0. The third kappa shape index (κ3) is 5.30. The number of rotatable bonds is 8. The first-order valence-electron chi connectivity index (χ1n) is 11.2. The summed E-state index contributed by atoms with van der Waals surface area (Å²) >= 11 is 0. The van der Waals surface area contributed by atoms with Crippen molar-refractivity contribution in [2.75, 3.05) is 31.7 Å². The Morgan fingerprint density at radius 3 is 2.41 bits per heavy atom. The number of nitrogens with one attached hydrogen (secondary N) is 1. The second-order valence-electron chi connectivity index (χ2n) is 8.75. The Kier molecular flexibility index (Phi) is 7.76. The van der Waals surface area contributed by atoms with Gasteiger partial charge in [0.25, 0.3) is 5.91 Å². The quantitative estimate of drug-likeness (QED) is 0.566. The van der Waals surface area contributed by atoms with E-state index in [-0.39, 0.29) is 24.4 Å². The number of carbonyl (C=O) groups is 2. The summed E-state index contributed by atoms with van der Waals surface area (Å²) in [6, 6.07) is 6.01. The lowest BCUT2D eigenvalue weighted by molar-refractivity contribution is -0.121. The van der Waals surface area contributed by atoms with Crippen LogP contribution in [0.4, 0.5) is 19.3 Å². The number of amides is 2. The van der Waals surface area contributed by atoms with Crippen LogP contribution in [0.3, 0.4) is 0 Å². The number of benzene rings is 2. The Hall–Kier alpha value is -3.20. The van der Waals surface area contributed by atoms with E-state index in [1.165, 1.54) is 0 Å². The van der Waals surface area contributed by atoms with Gasteiger partial charge in [0.2, 0.25) is 0 Å². The molecule has 0 saturated carbocycles. The summed E-state index contributed by atoms with van der Waals surface area (Å²) in [6.07, 6.45) is -0.843. The van der Waals surface area contributed by atoms with Crippen molar-refractivity contribution in [2.45, 2.75) is 45.6 Å². The minimum absolute atomic E-state index is 0.0978. The predicted octanol–water partition coefficient (Wildman–Crippen LogP) is 4.89. The Morgan fingerprint density at radius 1 is 1.15 bits per heavy atom. The van der Waals surface area contributed by atoms with Gasteiger partial charge in [-0.2, -0.15) is 0 Å². The largest absolute Gasteiger partial charge is 0.494 e. The normalized spacial score (nSPS) is 15.6. The van der Waals surface area contributed by atoms with Crippen molar-refractivity contribution in [3.8, 4) is 5.75 Å². The minimum atomic E-state index is -1.26. The molecular formula is C25H30F2N2O5. The van der Waals surface area contributed by atoms with E-state index in [1.807, 2.05) is 6.92 Å². The van der Waals surface area contributed by atoms with Crippen LogP contribution in [0.5, 0.6) is 5.75 Å². The fourth-order valence-electron chi connectivity index (χ4n) is 4.28. The van der Waals surface area contributed by atoms with Gasteiger partial charge in [-0.15, -0.1) is 0 Å². The molecule has 1 aliphatic heterocycles. The fraction of sp³-hybridized carbons (Fsp3) is 0.440. The molecule has 0 aromatic heterocycles. The third-order valence-electron chi connectivity index (χ3n) is 5.80. The van der Waals surface area contributed by atoms with Crippen LogP contribution in [0.2, 0.25) is 0 Å². The SMILES string of the molecule is CCOCC(C)(C)c1c(F)cc(NC(=O)[C@@H]2c3ccc(OCC)cc3CCN2C(=O)O)cc1F. The van der Waals surface area contributed by atoms with E-state index in [4.69, 9.17) is 9.47 Å². The molecule has 2 aromatic rings. The van der Waals surface area contributed by atoms with Gasteiger partial charge in [0.05, 0.1) is 13.2 Å². The zero-order valence-electron chi connectivity index (χ0n) is 19.8. The number of halogens is 2. The fourth-order valence-corrected chi connectivity index (χ4v) is 4.28. The minimum Gasteiger partial charge on any atom is -0.494 e. The van der Waals surface area contributed by atoms with Crippen molar-refractivity contribution in [1.82, 2.24) is 4.90 Å².